The molecular formula is C15H23NO7. The smallest absolute Gasteiger partial charge is 0.190 e. The predicted octanol–water partition coefficient (Wildman–Crippen LogP) is 0.0764. The minimum Gasteiger partial charge on any atom is -0.512 e. The van der Waals surface area contributed by atoms with Gasteiger partial charge in [-0.25, -0.2) is 0 Å². The molecule has 23 heavy (non-hydrogen) atoms. The maximum absolute atomic E-state index is 11.3. The fourth-order valence-corrected chi connectivity index (χ4v) is 2.63. The van der Waals surface area contributed by atoms with Crippen LogP contribution in [-0.4, -0.2) is 70.4 Å². The van der Waals surface area contributed by atoms with E-state index in [1.807, 2.05) is 0 Å². The van der Waals surface area contributed by atoms with Crippen molar-refractivity contribution in [1.29, 1.82) is 0 Å². The standard InChI is InChI=1S/C15H23NO7/c1-7(17)9(8(2)18)5-16-6-10(19)12-11(20)13-14(21-12)23-15(3,4)22-13/h5,10-14,17,19-20H,6H2,1-4H3/t10-,11+,12-,13-,14-/m1/s1. The van der Waals surface area contributed by atoms with Crippen molar-refractivity contribution in [3.05, 3.63) is 11.3 Å². The average molecular weight is 329 g/mol. The van der Waals surface area contributed by atoms with Crippen molar-refractivity contribution in [2.24, 2.45) is 4.99 Å². The topological polar surface area (TPSA) is 118 Å². The van der Waals surface area contributed by atoms with Gasteiger partial charge >= 0.3 is 0 Å². The number of aliphatic hydroxyl groups excluding tert-OH is 3. The summed E-state index contributed by atoms with van der Waals surface area (Å²) in [6.45, 7) is 6.00. The van der Waals surface area contributed by atoms with Gasteiger partial charge in [-0.05, 0) is 27.7 Å². The van der Waals surface area contributed by atoms with Crippen LogP contribution < -0.4 is 0 Å². The molecule has 0 aromatic heterocycles. The van der Waals surface area contributed by atoms with Gasteiger partial charge in [-0.15, -0.1) is 0 Å². The molecule has 0 saturated carbocycles. The van der Waals surface area contributed by atoms with E-state index < -0.39 is 36.5 Å². The number of ketones is 1. The van der Waals surface area contributed by atoms with Crippen LogP contribution in [0.2, 0.25) is 0 Å². The molecule has 0 spiro atoms. The van der Waals surface area contributed by atoms with E-state index in [9.17, 15) is 20.1 Å². The summed E-state index contributed by atoms with van der Waals surface area (Å²) in [6.07, 6.45) is -3.27. The van der Waals surface area contributed by atoms with Crippen molar-refractivity contribution in [1.82, 2.24) is 0 Å². The molecule has 0 bridgehead atoms. The van der Waals surface area contributed by atoms with Crippen LogP contribution in [0.15, 0.2) is 16.3 Å². The molecule has 130 valence electrons. The summed E-state index contributed by atoms with van der Waals surface area (Å²) in [6, 6.07) is 0. The number of aliphatic hydroxyl groups is 3. The number of carbonyl (C=O) groups is 1. The molecule has 0 radical (unpaired) electrons. The lowest BCUT2D eigenvalue weighted by molar-refractivity contribution is -0.224. The van der Waals surface area contributed by atoms with Gasteiger partial charge in [0, 0.05) is 6.21 Å². The summed E-state index contributed by atoms with van der Waals surface area (Å²) in [5.74, 6) is -1.32. The lowest BCUT2D eigenvalue weighted by atomic mass is 10.1. The fraction of sp³-hybridized carbons (Fsp3) is 0.733. The van der Waals surface area contributed by atoms with Crippen molar-refractivity contribution >= 4 is 12.0 Å². The maximum Gasteiger partial charge on any atom is 0.190 e. The molecule has 2 aliphatic rings. The Morgan fingerprint density at radius 2 is 2.00 bits per heavy atom. The summed E-state index contributed by atoms with van der Waals surface area (Å²) in [4.78, 5) is 15.2. The summed E-state index contributed by atoms with van der Waals surface area (Å²) < 4.78 is 16.5. The molecule has 2 saturated heterocycles. The minimum atomic E-state index is -1.10. The Balaban J connectivity index is 1.94. The first-order valence-corrected chi connectivity index (χ1v) is 7.40. The van der Waals surface area contributed by atoms with Crippen molar-refractivity contribution < 1.29 is 34.3 Å². The van der Waals surface area contributed by atoms with E-state index in [0.717, 1.165) is 0 Å². The third kappa shape index (κ3) is 3.96. The zero-order valence-electron chi connectivity index (χ0n) is 13.6. The molecule has 2 heterocycles. The summed E-state index contributed by atoms with van der Waals surface area (Å²) in [5, 5.41) is 29.7. The molecule has 3 N–H and O–H groups in total. The quantitative estimate of drug-likeness (QED) is 0.371. The van der Waals surface area contributed by atoms with Gasteiger partial charge in [-0.1, -0.05) is 0 Å². The number of fused-ring (bicyclic) bond motifs is 1. The highest BCUT2D eigenvalue weighted by Gasteiger charge is 2.55. The molecule has 0 amide bonds. The minimum absolute atomic E-state index is 0.0652. The number of Topliss-reactive ketones (excluding diaryl/α,β-unsaturated/α-hetero) is 1. The van der Waals surface area contributed by atoms with Crippen LogP contribution >= 0.6 is 0 Å². The van der Waals surface area contributed by atoms with Gasteiger partial charge in [0.15, 0.2) is 17.9 Å². The van der Waals surface area contributed by atoms with Crippen LogP contribution in [0, 0.1) is 0 Å². The number of carbonyl (C=O) groups excluding carboxylic acids is 1. The highest BCUT2D eigenvalue weighted by atomic mass is 16.8. The Morgan fingerprint density at radius 1 is 1.35 bits per heavy atom. The van der Waals surface area contributed by atoms with E-state index in [1.54, 1.807) is 13.8 Å². The highest BCUT2D eigenvalue weighted by molar-refractivity contribution is 6.12. The van der Waals surface area contributed by atoms with Crippen molar-refractivity contribution in [2.75, 3.05) is 6.54 Å². The van der Waals surface area contributed by atoms with Gasteiger partial charge in [0.1, 0.15) is 30.2 Å². The van der Waals surface area contributed by atoms with Gasteiger partial charge in [0.25, 0.3) is 0 Å². The second-order valence-corrected chi connectivity index (χ2v) is 6.18. The monoisotopic (exact) mass is 329 g/mol. The van der Waals surface area contributed by atoms with Crippen LogP contribution in [0.25, 0.3) is 0 Å². The van der Waals surface area contributed by atoms with Crippen molar-refractivity contribution in [2.45, 2.75) is 64.2 Å². The molecule has 2 rings (SSSR count). The fourth-order valence-electron chi connectivity index (χ4n) is 2.63. The van der Waals surface area contributed by atoms with E-state index >= 15 is 0 Å². The first kappa shape index (κ1) is 18.0. The van der Waals surface area contributed by atoms with Crippen LogP contribution in [-0.2, 0) is 19.0 Å². The first-order valence-electron chi connectivity index (χ1n) is 7.40. The van der Waals surface area contributed by atoms with Crippen molar-refractivity contribution in [3.8, 4) is 0 Å². The van der Waals surface area contributed by atoms with Crippen LogP contribution in [0.1, 0.15) is 27.7 Å². The number of rotatable bonds is 5. The van der Waals surface area contributed by atoms with Crippen LogP contribution in [0.3, 0.4) is 0 Å². The average Bonchev–Trinajstić information content (AvgIpc) is 2.87. The Labute approximate surface area is 134 Å². The molecule has 8 heteroatoms. The molecule has 0 aliphatic carbocycles. The molecule has 2 aliphatic heterocycles. The predicted molar refractivity (Wildman–Crippen MR) is 80.1 cm³/mol. The van der Waals surface area contributed by atoms with Gasteiger partial charge in [-0.3, -0.25) is 9.79 Å². The third-order valence-corrected chi connectivity index (χ3v) is 3.71. The first-order chi connectivity index (χ1) is 10.6. The molecule has 0 unspecified atom stereocenters. The number of allylic oxidation sites excluding steroid dienone is 2. The van der Waals surface area contributed by atoms with Gasteiger partial charge < -0.3 is 29.5 Å². The van der Waals surface area contributed by atoms with E-state index in [2.05, 4.69) is 4.99 Å². The van der Waals surface area contributed by atoms with Crippen LogP contribution in [0.5, 0.6) is 0 Å². The molecule has 5 atom stereocenters. The lowest BCUT2D eigenvalue weighted by Gasteiger charge is -2.25. The normalized spacial score (nSPS) is 35.2. The zero-order chi connectivity index (χ0) is 17.4. The Hall–Kier alpha value is -1.32. The molecule has 2 fully saturated rings. The second-order valence-electron chi connectivity index (χ2n) is 6.18. The number of hydrogen-bond donors (Lipinski definition) is 3. The Bertz CT molecular complexity index is 524. The number of aliphatic imine (C=N–C) groups is 1. The Morgan fingerprint density at radius 3 is 2.52 bits per heavy atom. The molecular weight excluding hydrogens is 306 g/mol. The molecule has 0 aromatic carbocycles. The summed E-state index contributed by atoms with van der Waals surface area (Å²) >= 11 is 0. The highest BCUT2D eigenvalue weighted by Crippen LogP contribution is 2.38. The van der Waals surface area contributed by atoms with E-state index in [4.69, 9.17) is 14.2 Å². The molecule has 0 aromatic rings. The molecule has 8 nitrogen and oxygen atoms in total. The number of hydrogen-bond acceptors (Lipinski definition) is 8. The second kappa shape index (κ2) is 6.66. The Kier molecular flexibility index (Phi) is 5.22. The largest absolute Gasteiger partial charge is 0.512 e. The number of nitrogens with zero attached hydrogens (tertiary/aromatic N) is 1. The van der Waals surface area contributed by atoms with Crippen molar-refractivity contribution in [3.63, 3.8) is 0 Å². The van der Waals surface area contributed by atoms with Gasteiger partial charge in [0.05, 0.1) is 12.1 Å². The zero-order valence-corrected chi connectivity index (χ0v) is 13.6. The SMILES string of the molecule is CC(=O)C(C=NC[C@@H](O)[C@H]1O[C@@H]2OC(C)(C)O[C@@H]2[C@H]1O)=C(C)O. The summed E-state index contributed by atoms with van der Waals surface area (Å²) in [5.41, 5.74) is 0.0652. The van der Waals surface area contributed by atoms with Crippen LogP contribution in [0.4, 0.5) is 0 Å². The van der Waals surface area contributed by atoms with E-state index in [-0.39, 0.29) is 23.7 Å². The van der Waals surface area contributed by atoms with Gasteiger partial charge in [-0.2, -0.15) is 0 Å². The number of ether oxygens (including phenoxy) is 3. The third-order valence-electron chi connectivity index (χ3n) is 3.71. The lowest BCUT2D eigenvalue weighted by Crippen LogP contribution is -2.42. The summed E-state index contributed by atoms with van der Waals surface area (Å²) in [7, 11) is 0. The van der Waals surface area contributed by atoms with Gasteiger partial charge in [0.2, 0.25) is 0 Å². The maximum atomic E-state index is 11.3. The van der Waals surface area contributed by atoms with E-state index in [0.29, 0.717) is 0 Å². The van der Waals surface area contributed by atoms with E-state index in [1.165, 1.54) is 20.1 Å².